The van der Waals surface area contributed by atoms with Gasteiger partial charge in [0.1, 0.15) is 11.6 Å². The molecule has 128 valence electrons. The highest BCUT2D eigenvalue weighted by Crippen LogP contribution is 2.20. The number of rotatable bonds is 4. The quantitative estimate of drug-likeness (QED) is 0.843. The predicted molar refractivity (Wildman–Crippen MR) is 84.2 cm³/mol. The van der Waals surface area contributed by atoms with Crippen LogP contribution in [0.15, 0.2) is 46.2 Å². The summed E-state index contributed by atoms with van der Waals surface area (Å²) in [6.45, 7) is 0.796. The molecule has 5 nitrogen and oxygen atoms in total. The van der Waals surface area contributed by atoms with Gasteiger partial charge in [0, 0.05) is 31.4 Å². The maximum absolute atomic E-state index is 13.3. The van der Waals surface area contributed by atoms with Gasteiger partial charge in [0.15, 0.2) is 0 Å². The van der Waals surface area contributed by atoms with Crippen LogP contribution in [0.5, 0.6) is 0 Å². The third-order valence-electron chi connectivity index (χ3n) is 3.93. The molecular weight excluding hydrogens is 338 g/mol. The van der Waals surface area contributed by atoms with Gasteiger partial charge in [0.2, 0.25) is 10.0 Å². The molecule has 0 spiro atoms. The molecule has 0 unspecified atom stereocenters. The van der Waals surface area contributed by atoms with Gasteiger partial charge in [-0.3, -0.25) is 4.79 Å². The Hall–Kier alpha value is -2.06. The highest BCUT2D eigenvalue weighted by atomic mass is 32.2. The third kappa shape index (κ3) is 3.39. The Labute approximate surface area is 138 Å². The summed E-state index contributed by atoms with van der Waals surface area (Å²) in [5.41, 5.74) is -0.203. The first-order valence-electron chi connectivity index (χ1n) is 7.52. The van der Waals surface area contributed by atoms with E-state index in [1.807, 2.05) is 0 Å². The van der Waals surface area contributed by atoms with Crippen molar-refractivity contribution >= 4 is 10.0 Å². The largest absolute Gasteiger partial charge is 0.310 e. The number of sulfonamides is 1. The lowest BCUT2D eigenvalue weighted by atomic mass is 10.2. The van der Waals surface area contributed by atoms with Crippen molar-refractivity contribution in [3.8, 4) is 0 Å². The molecule has 8 heteroatoms. The molecule has 1 aliphatic rings. The number of benzene rings is 1. The van der Waals surface area contributed by atoms with Crippen molar-refractivity contribution in [3.63, 3.8) is 0 Å². The minimum atomic E-state index is -3.66. The highest BCUT2D eigenvalue weighted by Gasteiger charge is 2.27. The summed E-state index contributed by atoms with van der Waals surface area (Å²) in [5.74, 6) is -1.50. The van der Waals surface area contributed by atoms with Crippen LogP contribution in [0, 0.1) is 11.6 Å². The van der Waals surface area contributed by atoms with Crippen molar-refractivity contribution in [2.45, 2.75) is 24.3 Å². The van der Waals surface area contributed by atoms with Crippen LogP contribution in [-0.2, 0) is 16.6 Å². The van der Waals surface area contributed by atoms with Crippen LogP contribution in [-0.4, -0.2) is 30.4 Å². The predicted octanol–water partition coefficient (Wildman–Crippen LogP) is 1.96. The summed E-state index contributed by atoms with van der Waals surface area (Å²) in [6.07, 6.45) is 2.83. The molecule has 2 aromatic rings. The molecule has 0 aliphatic carbocycles. The smallest absolute Gasteiger partial charge is 0.250 e. The first-order valence-corrected chi connectivity index (χ1v) is 8.96. The molecule has 0 bridgehead atoms. The fraction of sp³-hybridized carbons (Fsp3) is 0.312. The van der Waals surface area contributed by atoms with Gasteiger partial charge in [-0.25, -0.2) is 17.2 Å². The van der Waals surface area contributed by atoms with Crippen molar-refractivity contribution in [1.82, 2.24) is 8.87 Å². The Bertz CT molecular complexity index is 899. The van der Waals surface area contributed by atoms with E-state index >= 15 is 0 Å². The van der Waals surface area contributed by atoms with Gasteiger partial charge in [-0.2, -0.15) is 4.31 Å². The summed E-state index contributed by atoms with van der Waals surface area (Å²) in [7, 11) is -3.66. The van der Waals surface area contributed by atoms with Gasteiger partial charge < -0.3 is 4.57 Å². The molecule has 0 N–H and O–H groups in total. The standard InChI is InChI=1S/C16H16F2N2O3S/c17-13-7-12(8-14(18)9-13)10-19-11-15(3-4-16(19)21)24(22,23)20-5-1-2-6-20/h3-4,7-9,11H,1-2,5-6,10H2. The summed E-state index contributed by atoms with van der Waals surface area (Å²) in [5, 5.41) is 0. The Morgan fingerprint density at radius 2 is 1.62 bits per heavy atom. The van der Waals surface area contributed by atoms with E-state index in [-0.39, 0.29) is 17.0 Å². The zero-order chi connectivity index (χ0) is 17.3. The van der Waals surface area contributed by atoms with Gasteiger partial charge in [-0.15, -0.1) is 0 Å². The van der Waals surface area contributed by atoms with Crippen LogP contribution >= 0.6 is 0 Å². The topological polar surface area (TPSA) is 59.4 Å². The Balaban J connectivity index is 1.96. The monoisotopic (exact) mass is 354 g/mol. The molecule has 1 aromatic carbocycles. The van der Waals surface area contributed by atoms with Crippen LogP contribution in [0.3, 0.4) is 0 Å². The number of nitrogens with zero attached hydrogens (tertiary/aromatic N) is 2. The zero-order valence-electron chi connectivity index (χ0n) is 12.8. The van der Waals surface area contributed by atoms with E-state index in [1.54, 1.807) is 0 Å². The normalized spacial score (nSPS) is 15.8. The first kappa shape index (κ1) is 16.8. The second-order valence-corrected chi connectivity index (χ2v) is 7.66. The highest BCUT2D eigenvalue weighted by molar-refractivity contribution is 7.89. The average Bonchev–Trinajstić information content (AvgIpc) is 3.03. The van der Waals surface area contributed by atoms with E-state index < -0.39 is 27.2 Å². The van der Waals surface area contributed by atoms with E-state index in [2.05, 4.69) is 0 Å². The van der Waals surface area contributed by atoms with Crippen molar-refractivity contribution in [2.75, 3.05) is 13.1 Å². The second-order valence-electron chi connectivity index (χ2n) is 5.72. The van der Waals surface area contributed by atoms with Gasteiger partial charge in [-0.05, 0) is 36.6 Å². The number of aromatic nitrogens is 1. The van der Waals surface area contributed by atoms with Crippen molar-refractivity contribution in [1.29, 1.82) is 0 Å². The summed E-state index contributed by atoms with van der Waals surface area (Å²) >= 11 is 0. The molecule has 3 rings (SSSR count). The van der Waals surface area contributed by atoms with Crippen LogP contribution in [0.4, 0.5) is 8.78 Å². The van der Waals surface area contributed by atoms with E-state index in [9.17, 15) is 22.0 Å². The lowest BCUT2D eigenvalue weighted by molar-refractivity contribution is 0.476. The van der Waals surface area contributed by atoms with Crippen molar-refractivity contribution < 1.29 is 17.2 Å². The molecule has 1 aromatic heterocycles. The van der Waals surface area contributed by atoms with Crippen molar-refractivity contribution in [3.05, 3.63) is 64.1 Å². The number of halogens is 2. The summed E-state index contributed by atoms with van der Waals surface area (Å²) < 4.78 is 54.2. The van der Waals surface area contributed by atoms with Crippen LogP contribution < -0.4 is 5.56 Å². The molecule has 1 saturated heterocycles. The van der Waals surface area contributed by atoms with Crippen molar-refractivity contribution in [2.24, 2.45) is 0 Å². The maximum Gasteiger partial charge on any atom is 0.250 e. The maximum atomic E-state index is 13.3. The molecule has 2 heterocycles. The lowest BCUT2D eigenvalue weighted by Gasteiger charge is -2.16. The number of hydrogen-bond donors (Lipinski definition) is 0. The average molecular weight is 354 g/mol. The molecule has 0 amide bonds. The molecule has 24 heavy (non-hydrogen) atoms. The fourth-order valence-electron chi connectivity index (χ4n) is 2.76. The van der Waals surface area contributed by atoms with Gasteiger partial charge in [-0.1, -0.05) is 0 Å². The molecule has 0 radical (unpaired) electrons. The second kappa shape index (κ2) is 6.45. The first-order chi connectivity index (χ1) is 11.4. The van der Waals surface area contributed by atoms with Gasteiger partial charge in [0.25, 0.3) is 5.56 Å². The number of hydrogen-bond acceptors (Lipinski definition) is 3. The molecule has 1 fully saturated rings. The van der Waals surface area contributed by atoms with Crippen LogP contribution in [0.25, 0.3) is 0 Å². The van der Waals surface area contributed by atoms with E-state index in [0.29, 0.717) is 13.1 Å². The minimum Gasteiger partial charge on any atom is -0.310 e. The molecule has 1 aliphatic heterocycles. The lowest BCUT2D eigenvalue weighted by Crippen LogP contribution is -2.29. The molecule has 0 saturated carbocycles. The Morgan fingerprint density at radius 1 is 1.00 bits per heavy atom. The van der Waals surface area contributed by atoms with E-state index in [1.165, 1.54) is 16.6 Å². The minimum absolute atomic E-state index is 0.000810. The Morgan fingerprint density at radius 3 is 2.25 bits per heavy atom. The fourth-order valence-corrected chi connectivity index (χ4v) is 4.30. The van der Waals surface area contributed by atoms with Crippen LogP contribution in [0.1, 0.15) is 18.4 Å². The summed E-state index contributed by atoms with van der Waals surface area (Å²) in [6, 6.07) is 5.37. The van der Waals surface area contributed by atoms with Gasteiger partial charge >= 0.3 is 0 Å². The zero-order valence-corrected chi connectivity index (χ0v) is 13.6. The molecule has 0 atom stereocenters. The van der Waals surface area contributed by atoms with Gasteiger partial charge in [0.05, 0.1) is 11.4 Å². The SMILES string of the molecule is O=c1ccc(S(=O)(=O)N2CCCC2)cn1Cc1cc(F)cc(F)c1. The van der Waals surface area contributed by atoms with Crippen LogP contribution in [0.2, 0.25) is 0 Å². The molecular formula is C16H16F2N2O3S. The Kier molecular flexibility index (Phi) is 4.51. The third-order valence-corrected chi connectivity index (χ3v) is 5.82. The van der Waals surface area contributed by atoms with E-state index in [4.69, 9.17) is 0 Å². The van der Waals surface area contributed by atoms with E-state index in [0.717, 1.165) is 41.7 Å². The number of pyridine rings is 1. The summed E-state index contributed by atoms with van der Waals surface area (Å²) in [4.78, 5) is 12.0.